The summed E-state index contributed by atoms with van der Waals surface area (Å²) in [4.78, 5) is 29.1. The molecule has 2 saturated heterocycles. The number of ether oxygens (including phenoxy) is 1. The topological polar surface area (TPSA) is 75.0 Å². The van der Waals surface area contributed by atoms with Gasteiger partial charge in [0.15, 0.2) is 5.76 Å². The molecule has 2 aliphatic heterocycles. The summed E-state index contributed by atoms with van der Waals surface area (Å²) in [6.07, 6.45) is 5.26. The Labute approximate surface area is 148 Å². The number of furan rings is 1. The van der Waals surface area contributed by atoms with E-state index in [2.05, 4.69) is 10.2 Å². The maximum atomic E-state index is 12.6. The first kappa shape index (κ1) is 17.9. The van der Waals surface area contributed by atoms with E-state index in [1.54, 1.807) is 24.1 Å². The lowest BCUT2D eigenvalue weighted by atomic mass is 10.1. The normalized spacial score (nSPS) is 24.0. The first-order chi connectivity index (χ1) is 12.2. The number of likely N-dealkylation sites (tertiary alicyclic amines) is 2. The number of amides is 2. The average Bonchev–Trinajstić information content (AvgIpc) is 3.38. The molecule has 0 aromatic carbocycles. The summed E-state index contributed by atoms with van der Waals surface area (Å²) in [7, 11) is 1.71. The average molecular weight is 349 g/mol. The molecule has 1 N–H and O–H groups in total. The van der Waals surface area contributed by atoms with Crippen LogP contribution in [-0.4, -0.2) is 73.6 Å². The van der Waals surface area contributed by atoms with Crippen LogP contribution in [0.4, 0.5) is 0 Å². The fraction of sp³-hybridized carbons (Fsp3) is 0.667. The highest BCUT2D eigenvalue weighted by atomic mass is 16.5. The Kier molecular flexibility index (Phi) is 6.09. The molecule has 138 valence electrons. The van der Waals surface area contributed by atoms with Gasteiger partial charge in [0.05, 0.1) is 12.9 Å². The Morgan fingerprint density at radius 2 is 2.16 bits per heavy atom. The predicted molar refractivity (Wildman–Crippen MR) is 92.2 cm³/mol. The minimum Gasteiger partial charge on any atom is -0.459 e. The van der Waals surface area contributed by atoms with Crippen LogP contribution in [0.15, 0.2) is 22.8 Å². The van der Waals surface area contributed by atoms with Gasteiger partial charge in [-0.25, -0.2) is 0 Å². The number of carbonyl (C=O) groups is 2. The first-order valence-corrected chi connectivity index (χ1v) is 9.06. The van der Waals surface area contributed by atoms with Gasteiger partial charge in [-0.3, -0.25) is 14.5 Å². The number of hydrogen-bond acceptors (Lipinski definition) is 5. The van der Waals surface area contributed by atoms with Crippen molar-refractivity contribution in [3.8, 4) is 0 Å². The molecule has 25 heavy (non-hydrogen) atoms. The fourth-order valence-corrected chi connectivity index (χ4v) is 3.79. The molecule has 0 aliphatic carbocycles. The third kappa shape index (κ3) is 4.22. The SMILES string of the molecule is COCCN1CCC[C@H]1CNC(=O)[C@@H]1CCCN1C(=O)c1ccco1. The summed E-state index contributed by atoms with van der Waals surface area (Å²) in [5.74, 6) is 0.0301. The largest absolute Gasteiger partial charge is 0.459 e. The minimum atomic E-state index is -0.397. The Morgan fingerprint density at radius 1 is 1.32 bits per heavy atom. The molecule has 3 heterocycles. The van der Waals surface area contributed by atoms with Gasteiger partial charge in [-0.2, -0.15) is 0 Å². The van der Waals surface area contributed by atoms with Crippen LogP contribution in [0.2, 0.25) is 0 Å². The van der Waals surface area contributed by atoms with E-state index in [1.807, 2.05) is 0 Å². The van der Waals surface area contributed by atoms with Crippen molar-refractivity contribution in [3.63, 3.8) is 0 Å². The first-order valence-electron chi connectivity index (χ1n) is 9.06. The quantitative estimate of drug-likeness (QED) is 0.798. The Balaban J connectivity index is 1.52. The molecule has 0 radical (unpaired) electrons. The van der Waals surface area contributed by atoms with Crippen molar-refractivity contribution in [1.29, 1.82) is 0 Å². The molecule has 7 heteroatoms. The van der Waals surface area contributed by atoms with Crippen LogP contribution in [0.5, 0.6) is 0 Å². The molecule has 2 fully saturated rings. The molecule has 2 atom stereocenters. The monoisotopic (exact) mass is 349 g/mol. The van der Waals surface area contributed by atoms with E-state index in [1.165, 1.54) is 6.26 Å². The zero-order valence-corrected chi connectivity index (χ0v) is 14.8. The number of nitrogens with zero attached hydrogens (tertiary/aromatic N) is 2. The zero-order chi connectivity index (χ0) is 17.6. The summed E-state index contributed by atoms with van der Waals surface area (Å²) >= 11 is 0. The highest BCUT2D eigenvalue weighted by Crippen LogP contribution is 2.21. The standard InChI is InChI=1S/C18H27N3O4/c1-24-12-10-20-8-2-5-14(20)13-19-17(22)15-6-3-9-21(15)18(23)16-7-4-11-25-16/h4,7,11,14-15H,2-3,5-6,8-10,12-13H2,1H3,(H,19,22)/t14-,15-/m0/s1. The van der Waals surface area contributed by atoms with Crippen molar-refractivity contribution in [2.45, 2.75) is 37.8 Å². The highest BCUT2D eigenvalue weighted by molar-refractivity contribution is 5.95. The van der Waals surface area contributed by atoms with E-state index < -0.39 is 6.04 Å². The van der Waals surface area contributed by atoms with Crippen molar-refractivity contribution in [1.82, 2.24) is 15.1 Å². The third-order valence-corrected chi connectivity index (χ3v) is 5.14. The summed E-state index contributed by atoms with van der Waals surface area (Å²) in [5, 5.41) is 3.06. The Hall–Kier alpha value is -1.86. The summed E-state index contributed by atoms with van der Waals surface area (Å²) in [5.41, 5.74) is 0. The van der Waals surface area contributed by atoms with Crippen molar-refractivity contribution >= 4 is 11.8 Å². The van der Waals surface area contributed by atoms with Gasteiger partial charge in [-0.15, -0.1) is 0 Å². The second kappa shape index (κ2) is 8.49. The Morgan fingerprint density at radius 3 is 2.92 bits per heavy atom. The van der Waals surface area contributed by atoms with Crippen LogP contribution in [0, 0.1) is 0 Å². The van der Waals surface area contributed by atoms with Crippen LogP contribution >= 0.6 is 0 Å². The van der Waals surface area contributed by atoms with E-state index >= 15 is 0 Å². The number of methoxy groups -OCH3 is 1. The van der Waals surface area contributed by atoms with Gasteiger partial charge in [-0.1, -0.05) is 0 Å². The van der Waals surface area contributed by atoms with Crippen LogP contribution in [-0.2, 0) is 9.53 Å². The van der Waals surface area contributed by atoms with E-state index in [0.29, 0.717) is 37.9 Å². The van der Waals surface area contributed by atoms with Gasteiger partial charge in [0.2, 0.25) is 5.91 Å². The van der Waals surface area contributed by atoms with Crippen molar-refractivity contribution < 1.29 is 18.7 Å². The van der Waals surface area contributed by atoms with Gasteiger partial charge in [0.1, 0.15) is 6.04 Å². The van der Waals surface area contributed by atoms with Gasteiger partial charge < -0.3 is 19.4 Å². The molecule has 2 aliphatic rings. The molecule has 7 nitrogen and oxygen atoms in total. The molecule has 3 rings (SSSR count). The molecular weight excluding hydrogens is 322 g/mol. The van der Waals surface area contributed by atoms with Gasteiger partial charge in [-0.05, 0) is 44.4 Å². The smallest absolute Gasteiger partial charge is 0.290 e. The number of rotatable bonds is 7. The molecule has 0 saturated carbocycles. The van der Waals surface area contributed by atoms with Gasteiger partial charge in [0, 0.05) is 32.8 Å². The van der Waals surface area contributed by atoms with E-state index in [-0.39, 0.29) is 11.8 Å². The van der Waals surface area contributed by atoms with E-state index in [9.17, 15) is 9.59 Å². The summed E-state index contributed by atoms with van der Waals surface area (Å²) < 4.78 is 10.3. The fourth-order valence-electron chi connectivity index (χ4n) is 3.79. The minimum absolute atomic E-state index is 0.0593. The van der Waals surface area contributed by atoms with E-state index in [0.717, 1.165) is 32.4 Å². The summed E-state index contributed by atoms with van der Waals surface area (Å²) in [6, 6.07) is 3.29. The maximum Gasteiger partial charge on any atom is 0.290 e. The number of nitrogens with one attached hydrogen (secondary N) is 1. The maximum absolute atomic E-state index is 12.6. The van der Waals surface area contributed by atoms with Crippen molar-refractivity contribution in [2.75, 3.05) is 39.9 Å². The number of carbonyl (C=O) groups excluding carboxylic acids is 2. The molecule has 0 unspecified atom stereocenters. The second-order valence-electron chi connectivity index (χ2n) is 6.70. The predicted octanol–water partition coefficient (Wildman–Crippen LogP) is 1.11. The lowest BCUT2D eigenvalue weighted by Crippen LogP contribution is -2.49. The van der Waals surface area contributed by atoms with Crippen LogP contribution in [0.3, 0.4) is 0 Å². The lowest BCUT2D eigenvalue weighted by Gasteiger charge is -2.27. The zero-order valence-electron chi connectivity index (χ0n) is 14.8. The van der Waals surface area contributed by atoms with Gasteiger partial charge >= 0.3 is 0 Å². The van der Waals surface area contributed by atoms with Crippen molar-refractivity contribution in [3.05, 3.63) is 24.2 Å². The van der Waals surface area contributed by atoms with Crippen molar-refractivity contribution in [2.24, 2.45) is 0 Å². The Bertz CT molecular complexity index is 575. The molecular formula is C18H27N3O4. The van der Waals surface area contributed by atoms with E-state index in [4.69, 9.17) is 9.15 Å². The highest BCUT2D eigenvalue weighted by Gasteiger charge is 2.36. The molecule has 2 amide bonds. The van der Waals surface area contributed by atoms with Crippen LogP contribution < -0.4 is 5.32 Å². The third-order valence-electron chi connectivity index (χ3n) is 5.14. The number of hydrogen-bond donors (Lipinski definition) is 1. The molecule has 1 aromatic rings. The van der Waals surface area contributed by atoms with Crippen LogP contribution in [0.25, 0.3) is 0 Å². The lowest BCUT2D eigenvalue weighted by molar-refractivity contribution is -0.125. The van der Waals surface area contributed by atoms with Gasteiger partial charge in [0.25, 0.3) is 5.91 Å². The summed E-state index contributed by atoms with van der Waals surface area (Å²) in [6.45, 7) is 3.88. The molecule has 1 aromatic heterocycles. The van der Waals surface area contributed by atoms with Crippen LogP contribution in [0.1, 0.15) is 36.2 Å². The molecule has 0 bridgehead atoms. The second-order valence-corrected chi connectivity index (χ2v) is 6.70. The molecule has 0 spiro atoms.